The maximum absolute atomic E-state index is 11.2. The smallest absolute Gasteiger partial charge is 0.305 e. The van der Waals surface area contributed by atoms with Crippen molar-refractivity contribution < 1.29 is 19.1 Å². The Bertz CT molecular complexity index is 492. The molecule has 0 aliphatic heterocycles. The van der Waals surface area contributed by atoms with E-state index in [2.05, 4.69) is 45.6 Å². The summed E-state index contributed by atoms with van der Waals surface area (Å²) in [6.07, 6.45) is 4.41. The first-order valence-electron chi connectivity index (χ1n) is 8.52. The highest BCUT2D eigenvalue weighted by Gasteiger charge is 2.08. The van der Waals surface area contributed by atoms with E-state index >= 15 is 0 Å². The number of nitrogens with zero attached hydrogens (tertiary/aromatic N) is 1. The van der Waals surface area contributed by atoms with Crippen LogP contribution in [0, 0.1) is 6.92 Å². The fraction of sp³-hybridized carbons (Fsp3) is 0.579. The van der Waals surface area contributed by atoms with Crippen molar-refractivity contribution in [1.82, 2.24) is 0 Å². The summed E-state index contributed by atoms with van der Waals surface area (Å²) in [7, 11) is 2.84. The zero-order chi connectivity index (χ0) is 17.8. The molecule has 0 N–H and O–H groups in total. The van der Waals surface area contributed by atoms with Gasteiger partial charge in [-0.05, 0) is 50.3 Å². The Hall–Kier alpha value is -2.04. The Morgan fingerprint density at radius 1 is 0.917 bits per heavy atom. The second-order valence-electron chi connectivity index (χ2n) is 5.89. The van der Waals surface area contributed by atoms with Crippen molar-refractivity contribution in [1.29, 1.82) is 0 Å². The molecule has 0 spiro atoms. The minimum atomic E-state index is -0.157. The molecule has 1 rings (SSSR count). The van der Waals surface area contributed by atoms with Gasteiger partial charge in [0.25, 0.3) is 0 Å². The van der Waals surface area contributed by atoms with Gasteiger partial charge in [-0.2, -0.15) is 0 Å². The highest BCUT2D eigenvalue weighted by molar-refractivity contribution is 5.69. The predicted molar refractivity (Wildman–Crippen MR) is 95.1 cm³/mol. The molecule has 0 atom stereocenters. The molecule has 0 aliphatic carbocycles. The third-order valence-corrected chi connectivity index (χ3v) is 3.94. The molecule has 0 unspecified atom stereocenters. The van der Waals surface area contributed by atoms with E-state index in [9.17, 15) is 9.59 Å². The third-order valence-electron chi connectivity index (χ3n) is 3.94. The Morgan fingerprint density at radius 2 is 1.46 bits per heavy atom. The van der Waals surface area contributed by atoms with Crippen LogP contribution in [0.25, 0.3) is 0 Å². The topological polar surface area (TPSA) is 55.8 Å². The Morgan fingerprint density at radius 3 is 1.92 bits per heavy atom. The van der Waals surface area contributed by atoms with Crippen LogP contribution >= 0.6 is 0 Å². The van der Waals surface area contributed by atoms with E-state index in [1.165, 1.54) is 25.5 Å². The maximum Gasteiger partial charge on any atom is 0.305 e. The predicted octanol–water partition coefficient (Wildman–Crippen LogP) is 3.49. The summed E-state index contributed by atoms with van der Waals surface area (Å²) in [4.78, 5) is 24.7. The number of rotatable bonds is 11. The molecule has 0 saturated carbocycles. The van der Waals surface area contributed by atoms with Crippen LogP contribution in [0.1, 0.15) is 44.1 Å². The number of benzene rings is 1. The number of carbonyl (C=O) groups is 2. The van der Waals surface area contributed by atoms with Crippen molar-refractivity contribution in [2.75, 3.05) is 32.2 Å². The summed E-state index contributed by atoms with van der Waals surface area (Å²) < 4.78 is 9.35. The van der Waals surface area contributed by atoms with Crippen LogP contribution in [0.4, 0.5) is 5.69 Å². The molecule has 5 heteroatoms. The van der Waals surface area contributed by atoms with Gasteiger partial charge in [0.1, 0.15) is 0 Å². The molecule has 0 aromatic heterocycles. The van der Waals surface area contributed by atoms with Crippen molar-refractivity contribution in [3.8, 4) is 0 Å². The minimum absolute atomic E-state index is 0.157. The first-order valence-corrected chi connectivity index (χ1v) is 8.52. The molecule has 0 heterocycles. The minimum Gasteiger partial charge on any atom is -0.469 e. The lowest BCUT2D eigenvalue weighted by Crippen LogP contribution is -2.26. The van der Waals surface area contributed by atoms with Crippen molar-refractivity contribution >= 4 is 17.6 Å². The van der Waals surface area contributed by atoms with E-state index in [0.29, 0.717) is 12.8 Å². The van der Waals surface area contributed by atoms with Gasteiger partial charge in [0, 0.05) is 31.6 Å². The van der Waals surface area contributed by atoms with Gasteiger partial charge in [-0.15, -0.1) is 0 Å². The molecule has 0 radical (unpaired) electrons. The van der Waals surface area contributed by atoms with Crippen LogP contribution in [-0.4, -0.2) is 39.2 Å². The van der Waals surface area contributed by atoms with Crippen molar-refractivity contribution in [3.63, 3.8) is 0 Å². The summed E-state index contributed by atoms with van der Waals surface area (Å²) in [5.74, 6) is -0.314. The molecule has 0 saturated heterocycles. The molecule has 1 aromatic rings. The lowest BCUT2D eigenvalue weighted by Gasteiger charge is -2.25. The van der Waals surface area contributed by atoms with Gasteiger partial charge in [-0.3, -0.25) is 9.59 Å². The van der Waals surface area contributed by atoms with Crippen molar-refractivity contribution in [2.45, 2.75) is 45.4 Å². The van der Waals surface area contributed by atoms with Gasteiger partial charge in [0.15, 0.2) is 0 Å². The van der Waals surface area contributed by atoms with E-state index in [1.807, 2.05) is 0 Å². The van der Waals surface area contributed by atoms with Gasteiger partial charge >= 0.3 is 11.9 Å². The van der Waals surface area contributed by atoms with E-state index < -0.39 is 0 Å². The highest BCUT2D eigenvalue weighted by atomic mass is 16.5. The first kappa shape index (κ1) is 20.0. The molecule has 0 bridgehead atoms. The normalized spacial score (nSPS) is 10.3. The maximum atomic E-state index is 11.2. The third kappa shape index (κ3) is 7.99. The number of hydrogen-bond acceptors (Lipinski definition) is 5. The number of ether oxygens (including phenoxy) is 2. The lowest BCUT2D eigenvalue weighted by molar-refractivity contribution is -0.141. The average Bonchev–Trinajstić information content (AvgIpc) is 2.59. The Labute approximate surface area is 144 Å². The molecular weight excluding hydrogens is 306 g/mol. The summed E-state index contributed by atoms with van der Waals surface area (Å²) in [5.41, 5.74) is 2.41. The summed E-state index contributed by atoms with van der Waals surface area (Å²) in [6, 6.07) is 8.41. The molecule has 5 nitrogen and oxygen atoms in total. The van der Waals surface area contributed by atoms with Gasteiger partial charge in [0.2, 0.25) is 0 Å². The fourth-order valence-corrected chi connectivity index (χ4v) is 2.54. The van der Waals surface area contributed by atoms with E-state index in [4.69, 9.17) is 0 Å². The summed E-state index contributed by atoms with van der Waals surface area (Å²) >= 11 is 0. The molecule has 24 heavy (non-hydrogen) atoms. The van der Waals surface area contributed by atoms with Crippen LogP contribution in [0.3, 0.4) is 0 Å². The number of anilines is 1. The Kier molecular flexibility index (Phi) is 9.58. The van der Waals surface area contributed by atoms with Gasteiger partial charge in [0.05, 0.1) is 14.2 Å². The first-order chi connectivity index (χ1) is 11.6. The van der Waals surface area contributed by atoms with Gasteiger partial charge in [-0.1, -0.05) is 12.1 Å². The van der Waals surface area contributed by atoms with Crippen LogP contribution in [0.15, 0.2) is 24.3 Å². The van der Waals surface area contributed by atoms with Crippen molar-refractivity contribution in [2.24, 2.45) is 0 Å². The standard InChI is InChI=1S/C19H29NO4/c1-16-9-8-10-17(15-16)20(13-6-4-11-18(21)23-2)14-7-5-12-19(22)24-3/h8-10,15H,4-7,11-14H2,1-3H3. The SMILES string of the molecule is COC(=O)CCCCN(CCCCC(=O)OC)c1cccc(C)c1. The number of unbranched alkanes of at least 4 members (excludes halogenated alkanes) is 2. The number of esters is 2. The van der Waals surface area contributed by atoms with Gasteiger partial charge in [-0.25, -0.2) is 0 Å². The Balaban J connectivity index is 2.50. The van der Waals surface area contributed by atoms with Crippen LogP contribution in [0.2, 0.25) is 0 Å². The number of methoxy groups -OCH3 is 2. The molecule has 0 amide bonds. The van der Waals surface area contributed by atoms with Gasteiger partial charge < -0.3 is 14.4 Å². The lowest BCUT2D eigenvalue weighted by atomic mass is 10.1. The van der Waals surface area contributed by atoms with E-state index in [1.54, 1.807) is 0 Å². The molecule has 0 aliphatic rings. The molecule has 1 aromatic carbocycles. The highest BCUT2D eigenvalue weighted by Crippen LogP contribution is 2.18. The molecular formula is C19H29NO4. The van der Waals surface area contributed by atoms with E-state index in [-0.39, 0.29) is 11.9 Å². The number of carbonyl (C=O) groups excluding carboxylic acids is 2. The second-order valence-corrected chi connectivity index (χ2v) is 5.89. The number of aryl methyl sites for hydroxylation is 1. The quantitative estimate of drug-likeness (QED) is 0.458. The van der Waals surface area contributed by atoms with Crippen LogP contribution in [0.5, 0.6) is 0 Å². The zero-order valence-corrected chi connectivity index (χ0v) is 15.0. The van der Waals surface area contributed by atoms with Crippen LogP contribution in [-0.2, 0) is 19.1 Å². The fourth-order valence-electron chi connectivity index (χ4n) is 2.54. The average molecular weight is 335 g/mol. The zero-order valence-electron chi connectivity index (χ0n) is 15.0. The largest absolute Gasteiger partial charge is 0.469 e. The van der Waals surface area contributed by atoms with E-state index in [0.717, 1.165) is 38.8 Å². The second kappa shape index (κ2) is 11.5. The molecule has 0 fully saturated rings. The summed E-state index contributed by atoms with van der Waals surface area (Å²) in [5, 5.41) is 0. The number of hydrogen-bond donors (Lipinski definition) is 0. The van der Waals surface area contributed by atoms with Crippen LogP contribution < -0.4 is 4.90 Å². The van der Waals surface area contributed by atoms with Crippen molar-refractivity contribution in [3.05, 3.63) is 29.8 Å². The monoisotopic (exact) mass is 335 g/mol. The molecule has 134 valence electrons. The summed E-state index contributed by atoms with van der Waals surface area (Å²) in [6.45, 7) is 3.85.